The third-order valence-electron chi connectivity index (χ3n) is 2.72. The van der Waals surface area contributed by atoms with E-state index in [4.69, 9.17) is 0 Å². The largest absolute Gasteiger partial charge is 0.269 e. The number of nitro groups is 1. The van der Waals surface area contributed by atoms with Gasteiger partial charge in [-0.25, -0.2) is 5.43 Å². The highest BCUT2D eigenvalue weighted by atomic mass is 16.6. The summed E-state index contributed by atoms with van der Waals surface area (Å²) in [7, 11) is 0. The topological polar surface area (TPSA) is 84.6 Å². The summed E-state index contributed by atoms with van der Waals surface area (Å²) in [6.45, 7) is 0. The van der Waals surface area contributed by atoms with E-state index >= 15 is 0 Å². The maximum atomic E-state index is 11.5. The molecule has 0 aliphatic carbocycles. The van der Waals surface area contributed by atoms with Crippen molar-refractivity contribution in [2.45, 2.75) is 0 Å². The lowest BCUT2D eigenvalue weighted by Gasteiger charge is -1.95. The van der Waals surface area contributed by atoms with Crippen LogP contribution in [0.15, 0.2) is 65.8 Å². The molecule has 0 atom stereocenters. The van der Waals surface area contributed by atoms with Crippen molar-refractivity contribution in [3.8, 4) is 0 Å². The number of hydrogen-bond acceptors (Lipinski definition) is 4. The van der Waals surface area contributed by atoms with E-state index in [0.717, 1.165) is 5.56 Å². The number of rotatable bonds is 5. The van der Waals surface area contributed by atoms with Crippen molar-refractivity contribution in [3.63, 3.8) is 0 Å². The van der Waals surface area contributed by atoms with Crippen LogP contribution in [0.2, 0.25) is 0 Å². The number of non-ortho nitro benzene ring substituents is 1. The molecule has 0 aliphatic heterocycles. The first-order chi connectivity index (χ1) is 10.6. The monoisotopic (exact) mass is 295 g/mol. The number of nitrogens with one attached hydrogen (secondary N) is 1. The van der Waals surface area contributed by atoms with Gasteiger partial charge in [-0.05, 0) is 29.3 Å². The van der Waals surface area contributed by atoms with Crippen molar-refractivity contribution in [2.75, 3.05) is 0 Å². The number of benzene rings is 2. The van der Waals surface area contributed by atoms with Gasteiger partial charge in [0.15, 0.2) is 0 Å². The van der Waals surface area contributed by atoms with E-state index in [1.54, 1.807) is 18.2 Å². The molecular weight excluding hydrogens is 282 g/mol. The summed E-state index contributed by atoms with van der Waals surface area (Å²) in [5.74, 6) is -0.359. The van der Waals surface area contributed by atoms with Crippen LogP contribution in [0.4, 0.5) is 5.69 Å². The van der Waals surface area contributed by atoms with E-state index in [0.29, 0.717) is 5.56 Å². The minimum Gasteiger partial charge on any atom is -0.268 e. The van der Waals surface area contributed by atoms with Gasteiger partial charge in [0.2, 0.25) is 0 Å². The summed E-state index contributed by atoms with van der Waals surface area (Å²) in [6, 6.07) is 15.3. The Labute approximate surface area is 126 Å². The van der Waals surface area contributed by atoms with Gasteiger partial charge in [-0.15, -0.1) is 0 Å². The zero-order valence-corrected chi connectivity index (χ0v) is 11.5. The van der Waals surface area contributed by atoms with Crippen molar-refractivity contribution in [2.24, 2.45) is 5.10 Å². The molecule has 0 bridgehead atoms. The van der Waals surface area contributed by atoms with E-state index in [2.05, 4.69) is 10.5 Å². The molecule has 0 radical (unpaired) electrons. The lowest BCUT2D eigenvalue weighted by Crippen LogP contribution is -2.14. The maximum Gasteiger partial charge on any atom is 0.269 e. The molecule has 1 amide bonds. The Morgan fingerprint density at radius 1 is 1.05 bits per heavy atom. The molecule has 0 fully saturated rings. The van der Waals surface area contributed by atoms with Gasteiger partial charge >= 0.3 is 0 Å². The second-order valence-electron chi connectivity index (χ2n) is 4.33. The molecule has 0 saturated heterocycles. The Bertz CT molecular complexity index is 707. The smallest absolute Gasteiger partial charge is 0.268 e. The van der Waals surface area contributed by atoms with Gasteiger partial charge in [-0.2, -0.15) is 5.10 Å². The van der Waals surface area contributed by atoms with Gasteiger partial charge in [-0.3, -0.25) is 14.9 Å². The number of hydrogen-bond donors (Lipinski definition) is 1. The molecule has 0 aliphatic rings. The predicted octanol–water partition coefficient (Wildman–Crippen LogP) is 2.76. The van der Waals surface area contributed by atoms with Crippen LogP contribution in [0.1, 0.15) is 11.1 Å². The fourth-order valence-corrected chi connectivity index (χ4v) is 1.63. The van der Waals surface area contributed by atoms with E-state index in [1.807, 2.05) is 30.3 Å². The molecule has 2 aromatic carbocycles. The number of carbonyl (C=O) groups is 1. The van der Waals surface area contributed by atoms with Gasteiger partial charge in [0, 0.05) is 18.2 Å². The summed E-state index contributed by atoms with van der Waals surface area (Å²) < 4.78 is 0. The SMILES string of the molecule is O=C(/C=C/c1ccccc1)NN=Cc1ccc([N+](=O)[O-])cc1. The van der Waals surface area contributed by atoms with Crippen LogP contribution in [0, 0.1) is 10.1 Å². The van der Waals surface area contributed by atoms with Crippen molar-refractivity contribution >= 4 is 23.9 Å². The van der Waals surface area contributed by atoms with Crippen molar-refractivity contribution in [3.05, 3.63) is 81.9 Å². The fraction of sp³-hybridized carbons (Fsp3) is 0. The molecule has 6 heteroatoms. The molecule has 6 nitrogen and oxygen atoms in total. The standard InChI is InChI=1S/C16H13N3O3/c20-16(11-8-13-4-2-1-3-5-13)18-17-12-14-6-9-15(10-7-14)19(21)22/h1-12H,(H,18,20)/b11-8+,17-12?. The Kier molecular flexibility index (Phi) is 5.15. The number of carbonyl (C=O) groups excluding carboxylic acids is 1. The van der Waals surface area contributed by atoms with Crippen LogP contribution in [-0.2, 0) is 4.79 Å². The van der Waals surface area contributed by atoms with E-state index < -0.39 is 4.92 Å². The van der Waals surface area contributed by atoms with E-state index in [-0.39, 0.29) is 11.6 Å². The molecule has 110 valence electrons. The molecule has 2 rings (SSSR count). The van der Waals surface area contributed by atoms with Gasteiger partial charge in [0.25, 0.3) is 11.6 Å². The Morgan fingerprint density at radius 2 is 1.73 bits per heavy atom. The molecule has 0 aromatic heterocycles. The van der Waals surface area contributed by atoms with Gasteiger partial charge < -0.3 is 0 Å². The maximum absolute atomic E-state index is 11.5. The number of amides is 1. The van der Waals surface area contributed by atoms with Crippen molar-refractivity contribution in [1.29, 1.82) is 0 Å². The molecular formula is C16H13N3O3. The molecule has 0 heterocycles. The van der Waals surface area contributed by atoms with Gasteiger partial charge in [-0.1, -0.05) is 30.3 Å². The van der Waals surface area contributed by atoms with Gasteiger partial charge in [0.05, 0.1) is 11.1 Å². The highest BCUT2D eigenvalue weighted by Gasteiger charge is 2.02. The van der Waals surface area contributed by atoms with Crippen LogP contribution in [0.25, 0.3) is 6.08 Å². The number of hydrazone groups is 1. The zero-order chi connectivity index (χ0) is 15.8. The average molecular weight is 295 g/mol. The number of nitrogens with zero attached hydrogens (tertiary/aromatic N) is 2. The second kappa shape index (κ2) is 7.49. The summed E-state index contributed by atoms with van der Waals surface area (Å²) in [5.41, 5.74) is 3.92. The molecule has 1 N–H and O–H groups in total. The lowest BCUT2D eigenvalue weighted by molar-refractivity contribution is -0.384. The van der Waals surface area contributed by atoms with Crippen LogP contribution in [-0.4, -0.2) is 17.0 Å². The fourth-order valence-electron chi connectivity index (χ4n) is 1.63. The zero-order valence-electron chi connectivity index (χ0n) is 11.5. The Morgan fingerprint density at radius 3 is 2.36 bits per heavy atom. The molecule has 0 saturated carbocycles. The first-order valence-corrected chi connectivity index (χ1v) is 6.46. The Balaban J connectivity index is 1.87. The number of nitro benzene ring substituents is 1. The summed E-state index contributed by atoms with van der Waals surface area (Å²) >= 11 is 0. The molecule has 0 spiro atoms. The predicted molar refractivity (Wildman–Crippen MR) is 84.3 cm³/mol. The molecule has 0 unspecified atom stereocenters. The van der Waals surface area contributed by atoms with Crippen LogP contribution in [0.3, 0.4) is 0 Å². The van der Waals surface area contributed by atoms with Gasteiger partial charge in [0.1, 0.15) is 0 Å². The first-order valence-electron chi connectivity index (χ1n) is 6.46. The lowest BCUT2D eigenvalue weighted by atomic mass is 10.2. The molecule has 22 heavy (non-hydrogen) atoms. The highest BCUT2D eigenvalue weighted by Crippen LogP contribution is 2.10. The third-order valence-corrected chi connectivity index (χ3v) is 2.72. The quantitative estimate of drug-likeness (QED) is 0.398. The molecule has 2 aromatic rings. The van der Waals surface area contributed by atoms with E-state index in [1.165, 1.54) is 24.4 Å². The van der Waals surface area contributed by atoms with Crippen molar-refractivity contribution in [1.82, 2.24) is 5.43 Å². The normalized spacial score (nSPS) is 10.9. The third kappa shape index (κ3) is 4.68. The average Bonchev–Trinajstić information content (AvgIpc) is 2.54. The summed E-state index contributed by atoms with van der Waals surface area (Å²) in [5, 5.41) is 14.3. The first kappa shape index (κ1) is 15.1. The summed E-state index contributed by atoms with van der Waals surface area (Å²) in [6.07, 6.45) is 4.47. The Hall–Kier alpha value is -3.28. The van der Waals surface area contributed by atoms with Crippen LogP contribution < -0.4 is 5.43 Å². The minimum absolute atomic E-state index is 0.00646. The highest BCUT2D eigenvalue weighted by molar-refractivity contribution is 5.92. The second-order valence-corrected chi connectivity index (χ2v) is 4.33. The summed E-state index contributed by atoms with van der Waals surface area (Å²) in [4.78, 5) is 21.6. The van der Waals surface area contributed by atoms with Crippen LogP contribution in [0.5, 0.6) is 0 Å². The minimum atomic E-state index is -0.475. The van der Waals surface area contributed by atoms with E-state index in [9.17, 15) is 14.9 Å². The van der Waals surface area contributed by atoms with Crippen molar-refractivity contribution < 1.29 is 9.72 Å². The van der Waals surface area contributed by atoms with Crippen LogP contribution >= 0.6 is 0 Å².